The van der Waals surface area contributed by atoms with Gasteiger partial charge in [-0.3, -0.25) is 19.6 Å². The van der Waals surface area contributed by atoms with E-state index >= 15 is 0 Å². The number of nitrogen functional groups attached to an aromatic ring is 1. The van der Waals surface area contributed by atoms with Gasteiger partial charge in [0.2, 0.25) is 0 Å². The van der Waals surface area contributed by atoms with Crippen LogP contribution in [-0.4, -0.2) is 87.8 Å². The molecule has 46 heavy (non-hydrogen) atoms. The molecule has 1 saturated carbocycles. The van der Waals surface area contributed by atoms with Crippen LogP contribution in [0.2, 0.25) is 4.34 Å². The molecule has 20 heteroatoms. The Morgan fingerprint density at radius 3 is 2.43 bits per heavy atom. The average molecular weight is 702 g/mol. The summed E-state index contributed by atoms with van der Waals surface area (Å²) in [6.07, 6.45) is 3.73. The minimum absolute atomic E-state index is 0.0585. The molecule has 17 nitrogen and oxygen atoms in total. The highest BCUT2D eigenvalue weighted by Gasteiger charge is 2.58. The van der Waals surface area contributed by atoms with Gasteiger partial charge in [-0.2, -0.15) is 13.5 Å². The molecule has 4 rings (SSSR count). The number of aromatic nitrogens is 1. The summed E-state index contributed by atoms with van der Waals surface area (Å²) in [6.45, 7) is 2.13. The van der Waals surface area contributed by atoms with E-state index in [2.05, 4.69) is 25.1 Å². The van der Waals surface area contributed by atoms with E-state index in [4.69, 9.17) is 36.9 Å². The summed E-state index contributed by atoms with van der Waals surface area (Å²) in [7, 11) is -5.04. The Bertz CT molecular complexity index is 1630. The van der Waals surface area contributed by atoms with E-state index in [0.29, 0.717) is 10.6 Å². The lowest BCUT2D eigenvalue weighted by molar-refractivity contribution is -0.218. The summed E-state index contributed by atoms with van der Waals surface area (Å²) in [5.74, 6) is -3.06. The van der Waals surface area contributed by atoms with Crippen molar-refractivity contribution in [3.8, 4) is 5.75 Å². The summed E-state index contributed by atoms with van der Waals surface area (Å²) < 4.78 is 40.9. The van der Waals surface area contributed by atoms with Gasteiger partial charge < -0.3 is 31.0 Å². The first-order chi connectivity index (χ1) is 21.6. The Kier molecular flexibility index (Phi) is 10.7. The van der Waals surface area contributed by atoms with Crippen LogP contribution in [0.4, 0.5) is 5.13 Å². The predicted molar refractivity (Wildman–Crippen MR) is 165 cm³/mol. The van der Waals surface area contributed by atoms with Crippen LogP contribution in [0.25, 0.3) is 0 Å². The van der Waals surface area contributed by atoms with Gasteiger partial charge in [-0.05, 0) is 51.0 Å². The molecule has 0 unspecified atom stereocenters. The van der Waals surface area contributed by atoms with Crippen molar-refractivity contribution in [1.29, 1.82) is 5.41 Å². The molecule has 1 aromatic carbocycles. The highest BCUT2D eigenvalue weighted by Crippen LogP contribution is 2.33. The number of nitrogens with one attached hydrogen (secondary N) is 3. The minimum Gasteiger partial charge on any atom is -0.489 e. The fraction of sp³-hybridized carbons (Fsp3) is 0.462. The Balaban J connectivity index is 1.44. The molecule has 2 heterocycles. The summed E-state index contributed by atoms with van der Waals surface area (Å²) in [6, 6.07) is 5.33. The number of nitrogens with two attached hydrogens (primary N) is 1. The van der Waals surface area contributed by atoms with Crippen molar-refractivity contribution in [3.05, 3.63) is 39.9 Å². The molecule has 1 aliphatic carbocycles. The predicted octanol–water partition coefficient (Wildman–Crippen LogP) is 1.72. The van der Waals surface area contributed by atoms with Crippen molar-refractivity contribution >= 4 is 67.8 Å². The van der Waals surface area contributed by atoms with Crippen molar-refractivity contribution in [2.24, 2.45) is 5.16 Å². The Labute approximate surface area is 272 Å². The monoisotopic (exact) mass is 701 g/mol. The van der Waals surface area contributed by atoms with Gasteiger partial charge in [0.25, 0.3) is 17.9 Å². The third kappa shape index (κ3) is 8.40. The number of carboxylic acid groups (broad SMARTS) is 1. The van der Waals surface area contributed by atoms with E-state index in [0.717, 1.165) is 37.0 Å². The van der Waals surface area contributed by atoms with Crippen molar-refractivity contribution in [1.82, 2.24) is 20.7 Å². The molecule has 250 valence electrons. The number of amides is 2. The van der Waals surface area contributed by atoms with Crippen molar-refractivity contribution < 1.29 is 46.3 Å². The largest absolute Gasteiger partial charge is 0.489 e. The van der Waals surface area contributed by atoms with Crippen LogP contribution in [-0.2, 0) is 33.9 Å². The maximum Gasteiger partial charge on any atom is 0.418 e. The van der Waals surface area contributed by atoms with Crippen LogP contribution in [0.1, 0.15) is 57.2 Å². The highest BCUT2D eigenvalue weighted by atomic mass is 35.5. The molecule has 2 fully saturated rings. The average Bonchev–Trinajstić information content (AvgIpc) is 3.33. The third-order valence-electron chi connectivity index (χ3n) is 7.21. The van der Waals surface area contributed by atoms with E-state index in [1.54, 1.807) is 24.3 Å². The summed E-state index contributed by atoms with van der Waals surface area (Å²) in [5, 5.41) is 27.6. The van der Waals surface area contributed by atoms with E-state index in [9.17, 15) is 27.9 Å². The number of aliphatic carboxylic acids is 1. The quantitative estimate of drug-likeness (QED) is 0.0572. The fourth-order valence-corrected chi connectivity index (χ4v) is 6.14. The number of ether oxygens (including phenoxy) is 1. The van der Waals surface area contributed by atoms with Gasteiger partial charge in [0.15, 0.2) is 10.8 Å². The van der Waals surface area contributed by atoms with Gasteiger partial charge >= 0.3 is 16.4 Å². The zero-order chi connectivity index (χ0) is 33.8. The number of benzene rings is 1. The summed E-state index contributed by atoms with van der Waals surface area (Å²) in [5.41, 5.74) is 3.95. The van der Waals surface area contributed by atoms with Gasteiger partial charge in [0.1, 0.15) is 34.3 Å². The van der Waals surface area contributed by atoms with E-state index in [-0.39, 0.29) is 32.8 Å². The molecule has 0 radical (unpaired) electrons. The van der Waals surface area contributed by atoms with E-state index in [1.165, 1.54) is 20.3 Å². The molecule has 7 N–H and O–H groups in total. The first-order valence-electron chi connectivity index (χ1n) is 13.9. The van der Waals surface area contributed by atoms with E-state index in [1.807, 2.05) is 0 Å². The summed E-state index contributed by atoms with van der Waals surface area (Å²) in [4.78, 5) is 46.8. The van der Waals surface area contributed by atoms with Crippen molar-refractivity contribution in [2.45, 2.75) is 69.7 Å². The van der Waals surface area contributed by atoms with Gasteiger partial charge in [0, 0.05) is 11.6 Å². The van der Waals surface area contributed by atoms with Crippen LogP contribution in [0.3, 0.4) is 0 Å². The number of hydrogen-bond donors (Lipinski definition) is 6. The smallest absolute Gasteiger partial charge is 0.418 e. The zero-order valence-corrected chi connectivity index (χ0v) is 26.9. The minimum atomic E-state index is -5.04. The number of β-lactam (4-membered cyclic amide) rings is 1. The lowest BCUT2D eigenvalue weighted by atomic mass is 9.84. The number of anilines is 1. The number of carbonyl (C=O) groups excluding carboxylic acids is 2. The number of thiazole rings is 1. The first kappa shape index (κ1) is 34.8. The Morgan fingerprint density at radius 2 is 1.89 bits per heavy atom. The number of nitrogens with zero attached hydrogens (tertiary/aromatic N) is 3. The van der Waals surface area contributed by atoms with Crippen molar-refractivity contribution in [2.75, 3.05) is 12.3 Å². The Morgan fingerprint density at radius 1 is 1.24 bits per heavy atom. The molecule has 2 aromatic rings. The SMILES string of the molecule is CC1(C)[C@H](NC(=O)/C(=N\O[C@@H](COc2ccc(C(=N)NC3CCCCC3)cc2)C(=O)O)c2nc(N)sc2Cl)C(=O)N1OS(=O)(=O)O. The molecule has 1 saturated heterocycles. The van der Waals surface area contributed by atoms with Gasteiger partial charge in [-0.25, -0.2) is 9.78 Å². The molecule has 0 bridgehead atoms. The molecule has 0 spiro atoms. The zero-order valence-electron chi connectivity index (χ0n) is 24.6. The second-order valence-corrected chi connectivity index (χ2v) is 13.6. The third-order valence-corrected chi connectivity index (χ3v) is 8.63. The maximum atomic E-state index is 13.3. The van der Waals surface area contributed by atoms with Crippen LogP contribution in [0, 0.1) is 5.41 Å². The van der Waals surface area contributed by atoms with Crippen LogP contribution < -0.4 is 21.1 Å². The second kappa shape index (κ2) is 14.2. The normalized spacial score (nSPS) is 19.1. The van der Waals surface area contributed by atoms with Crippen LogP contribution in [0.5, 0.6) is 5.75 Å². The highest BCUT2D eigenvalue weighted by molar-refractivity contribution is 7.80. The van der Waals surface area contributed by atoms with Crippen molar-refractivity contribution in [3.63, 3.8) is 0 Å². The number of rotatable bonds is 13. The standard InChI is InChI=1S/C26H32ClN7O10S2/c1-26(2)19(23(36)34(26)44-46(39,40)41)32-22(35)18(17-20(27)45-25(29)31-17)33-43-16(24(37)38)12-42-15-10-8-13(9-11-15)21(28)30-14-6-4-3-5-7-14/h8-11,14,16,19H,3-7,12H2,1-2H3,(H2,28,30)(H2,29,31)(H,32,35)(H,37,38)(H,39,40,41)/b33-18-/t16-,19+/m0/s1. The maximum absolute atomic E-state index is 13.3. The number of carboxylic acids is 1. The van der Waals surface area contributed by atoms with Gasteiger partial charge in [-0.1, -0.05) is 47.4 Å². The molecule has 1 aromatic heterocycles. The summed E-state index contributed by atoms with van der Waals surface area (Å²) >= 11 is 6.95. The van der Waals surface area contributed by atoms with Gasteiger partial charge in [0.05, 0.1) is 5.54 Å². The van der Waals surface area contributed by atoms with Crippen LogP contribution >= 0.6 is 22.9 Å². The van der Waals surface area contributed by atoms with E-state index < -0.39 is 58.2 Å². The number of oxime groups is 1. The first-order valence-corrected chi connectivity index (χ1v) is 16.4. The molecular formula is C26H32ClN7O10S2. The van der Waals surface area contributed by atoms with Crippen LogP contribution in [0.15, 0.2) is 29.4 Å². The molecule has 2 aliphatic rings. The van der Waals surface area contributed by atoms with Gasteiger partial charge in [-0.15, -0.1) is 4.28 Å². The number of amidine groups is 1. The molecule has 2 atom stereocenters. The number of carbonyl (C=O) groups is 3. The molecular weight excluding hydrogens is 670 g/mol. The Hall–Kier alpha value is -4.04. The lowest BCUT2D eigenvalue weighted by Gasteiger charge is -2.50. The number of hydroxylamine groups is 2. The lowest BCUT2D eigenvalue weighted by Crippen LogP contribution is -2.76. The second-order valence-electron chi connectivity index (χ2n) is 10.9. The fourth-order valence-electron chi connectivity index (χ4n) is 4.76. The topological polar surface area (TPSA) is 256 Å². The molecule has 2 amide bonds. The number of halogens is 1. The molecule has 1 aliphatic heterocycles. The number of hydrogen-bond acceptors (Lipinski definition) is 13.